The Bertz CT molecular complexity index is 659. The molecule has 3 aromatic rings. The first-order chi connectivity index (χ1) is 8.86. The van der Waals surface area contributed by atoms with E-state index in [0.717, 1.165) is 21.9 Å². The number of benzene rings is 1. The molecule has 2 aromatic heterocycles. The summed E-state index contributed by atoms with van der Waals surface area (Å²) in [7, 11) is 0. The highest BCUT2D eigenvalue weighted by atomic mass is 14.7. The monoisotopic (exact) mass is 235 g/mol. The average molecular weight is 235 g/mol. The van der Waals surface area contributed by atoms with Crippen LogP contribution in [0, 0.1) is 0 Å². The molecule has 3 heteroatoms. The zero-order valence-corrected chi connectivity index (χ0v) is 9.82. The minimum atomic E-state index is -0.152. The third-order valence-corrected chi connectivity index (χ3v) is 3.12. The van der Waals surface area contributed by atoms with Gasteiger partial charge in [-0.2, -0.15) is 0 Å². The Hall–Kier alpha value is -2.26. The van der Waals surface area contributed by atoms with Crippen LogP contribution in [0.4, 0.5) is 0 Å². The fourth-order valence-electron chi connectivity index (χ4n) is 2.16. The van der Waals surface area contributed by atoms with Crippen LogP contribution in [0.2, 0.25) is 0 Å². The van der Waals surface area contributed by atoms with Gasteiger partial charge in [0.25, 0.3) is 0 Å². The molecule has 0 aliphatic carbocycles. The van der Waals surface area contributed by atoms with Gasteiger partial charge in [0.05, 0.1) is 6.04 Å². The van der Waals surface area contributed by atoms with E-state index in [2.05, 4.69) is 22.1 Å². The predicted molar refractivity (Wildman–Crippen MR) is 72.0 cm³/mol. The third-order valence-electron chi connectivity index (χ3n) is 3.12. The molecule has 0 saturated carbocycles. The molecular formula is C15H13N3. The summed E-state index contributed by atoms with van der Waals surface area (Å²) in [6.45, 7) is 0. The van der Waals surface area contributed by atoms with Crippen molar-refractivity contribution in [3.05, 3.63) is 72.3 Å². The van der Waals surface area contributed by atoms with Crippen LogP contribution in [0.5, 0.6) is 0 Å². The second-order valence-corrected chi connectivity index (χ2v) is 4.20. The maximum Gasteiger partial charge on any atom is 0.0559 e. The number of nitrogens with two attached hydrogens (primary N) is 1. The third kappa shape index (κ3) is 1.85. The Balaban J connectivity index is 2.15. The van der Waals surface area contributed by atoms with Crippen LogP contribution in [-0.4, -0.2) is 9.97 Å². The van der Waals surface area contributed by atoms with Gasteiger partial charge >= 0.3 is 0 Å². The smallest absolute Gasteiger partial charge is 0.0559 e. The zero-order valence-electron chi connectivity index (χ0n) is 9.82. The normalized spacial score (nSPS) is 12.5. The number of hydrogen-bond acceptors (Lipinski definition) is 3. The van der Waals surface area contributed by atoms with Crippen LogP contribution in [0.3, 0.4) is 0 Å². The van der Waals surface area contributed by atoms with Gasteiger partial charge in [-0.05, 0) is 34.7 Å². The van der Waals surface area contributed by atoms with Gasteiger partial charge in [-0.25, -0.2) is 0 Å². The van der Waals surface area contributed by atoms with Gasteiger partial charge in [-0.15, -0.1) is 0 Å². The van der Waals surface area contributed by atoms with Crippen molar-refractivity contribution in [2.75, 3.05) is 0 Å². The second-order valence-electron chi connectivity index (χ2n) is 4.20. The standard InChI is InChI=1S/C15H13N3/c16-15(12-5-7-17-8-6-12)13-3-1-2-11-4-9-18-10-14(11)13/h1-10,15H,16H2. The second kappa shape index (κ2) is 4.55. The molecule has 1 aromatic carbocycles. The Kier molecular flexibility index (Phi) is 2.74. The molecule has 0 bridgehead atoms. The van der Waals surface area contributed by atoms with E-state index in [-0.39, 0.29) is 6.04 Å². The summed E-state index contributed by atoms with van der Waals surface area (Å²) in [5, 5.41) is 2.26. The van der Waals surface area contributed by atoms with E-state index in [1.807, 2.05) is 30.5 Å². The summed E-state index contributed by atoms with van der Waals surface area (Å²) in [6.07, 6.45) is 7.19. The molecule has 0 fully saturated rings. The number of pyridine rings is 2. The molecule has 0 aliphatic heterocycles. The fraction of sp³-hybridized carbons (Fsp3) is 0.0667. The Labute approximate surface area is 105 Å². The van der Waals surface area contributed by atoms with E-state index >= 15 is 0 Å². The summed E-state index contributed by atoms with van der Waals surface area (Å²) in [6, 6.07) is 11.9. The molecule has 3 nitrogen and oxygen atoms in total. The van der Waals surface area contributed by atoms with E-state index in [4.69, 9.17) is 5.73 Å². The van der Waals surface area contributed by atoms with Gasteiger partial charge in [-0.1, -0.05) is 18.2 Å². The van der Waals surface area contributed by atoms with Gasteiger partial charge in [0.2, 0.25) is 0 Å². The number of rotatable bonds is 2. The average Bonchev–Trinajstić information content (AvgIpc) is 2.47. The Morgan fingerprint density at radius 2 is 1.67 bits per heavy atom. The first kappa shape index (κ1) is 10.9. The molecule has 88 valence electrons. The first-order valence-electron chi connectivity index (χ1n) is 5.84. The predicted octanol–water partition coefficient (Wildman–Crippen LogP) is 2.68. The summed E-state index contributed by atoms with van der Waals surface area (Å²) >= 11 is 0. The summed E-state index contributed by atoms with van der Waals surface area (Å²) in [5.74, 6) is 0. The topological polar surface area (TPSA) is 51.8 Å². The van der Waals surface area contributed by atoms with Crippen molar-refractivity contribution in [2.24, 2.45) is 5.73 Å². The summed E-state index contributed by atoms with van der Waals surface area (Å²) < 4.78 is 0. The van der Waals surface area contributed by atoms with E-state index in [0.29, 0.717) is 0 Å². The van der Waals surface area contributed by atoms with Crippen molar-refractivity contribution in [2.45, 2.75) is 6.04 Å². The number of hydrogen-bond donors (Lipinski definition) is 1. The van der Waals surface area contributed by atoms with Gasteiger partial charge in [0.15, 0.2) is 0 Å². The minimum Gasteiger partial charge on any atom is -0.320 e. The van der Waals surface area contributed by atoms with Crippen LogP contribution in [0.25, 0.3) is 10.8 Å². The molecule has 2 N–H and O–H groups in total. The highest BCUT2D eigenvalue weighted by Gasteiger charge is 2.11. The minimum absolute atomic E-state index is 0.152. The van der Waals surface area contributed by atoms with Gasteiger partial charge in [0, 0.05) is 30.2 Å². The lowest BCUT2D eigenvalue weighted by atomic mass is 9.96. The maximum absolute atomic E-state index is 6.33. The highest BCUT2D eigenvalue weighted by molar-refractivity contribution is 5.85. The van der Waals surface area contributed by atoms with Crippen molar-refractivity contribution in [1.29, 1.82) is 0 Å². The number of aromatic nitrogens is 2. The molecular weight excluding hydrogens is 222 g/mol. The van der Waals surface area contributed by atoms with Crippen LogP contribution >= 0.6 is 0 Å². The zero-order chi connectivity index (χ0) is 12.4. The molecule has 18 heavy (non-hydrogen) atoms. The molecule has 0 radical (unpaired) electrons. The van der Waals surface area contributed by atoms with Gasteiger partial charge in [0.1, 0.15) is 0 Å². The van der Waals surface area contributed by atoms with Crippen LogP contribution in [-0.2, 0) is 0 Å². The van der Waals surface area contributed by atoms with Crippen molar-refractivity contribution in [3.63, 3.8) is 0 Å². The number of fused-ring (bicyclic) bond motifs is 1. The van der Waals surface area contributed by atoms with E-state index in [9.17, 15) is 0 Å². The van der Waals surface area contributed by atoms with E-state index in [1.54, 1.807) is 18.6 Å². The molecule has 2 heterocycles. The van der Waals surface area contributed by atoms with E-state index in [1.165, 1.54) is 0 Å². The number of nitrogens with zero attached hydrogens (tertiary/aromatic N) is 2. The molecule has 1 unspecified atom stereocenters. The van der Waals surface area contributed by atoms with Crippen molar-refractivity contribution < 1.29 is 0 Å². The molecule has 3 rings (SSSR count). The lowest BCUT2D eigenvalue weighted by Crippen LogP contribution is -2.12. The molecule has 0 spiro atoms. The lowest BCUT2D eigenvalue weighted by Gasteiger charge is -2.14. The quantitative estimate of drug-likeness (QED) is 0.743. The Morgan fingerprint density at radius 1 is 0.889 bits per heavy atom. The maximum atomic E-state index is 6.33. The molecule has 0 amide bonds. The highest BCUT2D eigenvalue weighted by Crippen LogP contribution is 2.26. The Morgan fingerprint density at radius 3 is 2.50 bits per heavy atom. The van der Waals surface area contributed by atoms with Crippen LogP contribution in [0.1, 0.15) is 17.2 Å². The summed E-state index contributed by atoms with van der Waals surface area (Å²) in [4.78, 5) is 8.20. The van der Waals surface area contributed by atoms with Gasteiger partial charge in [-0.3, -0.25) is 9.97 Å². The van der Waals surface area contributed by atoms with E-state index < -0.39 is 0 Å². The lowest BCUT2D eigenvalue weighted by molar-refractivity contribution is 0.876. The fourth-order valence-corrected chi connectivity index (χ4v) is 2.16. The molecule has 0 aliphatic rings. The van der Waals surface area contributed by atoms with Crippen LogP contribution in [0.15, 0.2) is 61.2 Å². The van der Waals surface area contributed by atoms with Crippen molar-refractivity contribution in [1.82, 2.24) is 9.97 Å². The van der Waals surface area contributed by atoms with Crippen molar-refractivity contribution in [3.8, 4) is 0 Å². The SMILES string of the molecule is NC(c1ccncc1)c1cccc2ccncc12. The van der Waals surface area contributed by atoms with Crippen LogP contribution < -0.4 is 5.73 Å². The molecule has 1 atom stereocenters. The first-order valence-corrected chi connectivity index (χ1v) is 5.84. The van der Waals surface area contributed by atoms with Crippen molar-refractivity contribution >= 4 is 10.8 Å². The summed E-state index contributed by atoms with van der Waals surface area (Å²) in [5.41, 5.74) is 8.47. The largest absolute Gasteiger partial charge is 0.320 e. The van der Waals surface area contributed by atoms with Gasteiger partial charge < -0.3 is 5.73 Å². The molecule has 0 saturated heterocycles.